The van der Waals surface area contributed by atoms with E-state index in [1.54, 1.807) is 7.11 Å². The number of fused-ring (bicyclic) bond motifs is 1. The minimum absolute atomic E-state index is 0.0585. The maximum absolute atomic E-state index is 13.5. The second-order valence-corrected chi connectivity index (χ2v) is 8.41. The zero-order chi connectivity index (χ0) is 21.6. The molecule has 2 saturated heterocycles. The molecular weight excluding hydrogens is 394 g/mol. The molecule has 6 nitrogen and oxygen atoms in total. The Labute approximate surface area is 181 Å². The van der Waals surface area contributed by atoms with Gasteiger partial charge in [0.05, 0.1) is 31.7 Å². The largest absolute Gasteiger partial charge is 0.497 e. The van der Waals surface area contributed by atoms with Gasteiger partial charge in [-0.25, -0.2) is 0 Å². The monoisotopic (exact) mass is 419 g/mol. The molecule has 5 atom stereocenters. The number of hydrogen-bond donors (Lipinski definition) is 0. The number of carbonyl (C=O) groups excluding carboxylic acids is 2. The van der Waals surface area contributed by atoms with Crippen LogP contribution in [0, 0.1) is 11.8 Å². The highest BCUT2D eigenvalue weighted by molar-refractivity contribution is 5.91. The Hall–Kier alpha value is -3.12. The van der Waals surface area contributed by atoms with Crippen molar-refractivity contribution in [2.24, 2.45) is 11.8 Å². The van der Waals surface area contributed by atoms with E-state index in [1.165, 1.54) is 0 Å². The lowest BCUT2D eigenvalue weighted by molar-refractivity contribution is -0.155. The number of methoxy groups -OCH3 is 1. The number of esters is 1. The van der Waals surface area contributed by atoms with Crippen LogP contribution in [-0.2, 0) is 25.7 Å². The van der Waals surface area contributed by atoms with E-state index >= 15 is 0 Å². The number of nitrogens with zero attached hydrogens (tertiary/aromatic N) is 1. The summed E-state index contributed by atoms with van der Waals surface area (Å²) in [6, 6.07) is 17.1. The molecule has 2 aromatic carbocycles. The van der Waals surface area contributed by atoms with Crippen molar-refractivity contribution >= 4 is 11.9 Å². The number of rotatable bonds is 6. The van der Waals surface area contributed by atoms with Gasteiger partial charge >= 0.3 is 5.97 Å². The fraction of sp³-hybridized carbons (Fsp3) is 0.360. The molecule has 2 aromatic rings. The Morgan fingerprint density at radius 1 is 1.19 bits per heavy atom. The van der Waals surface area contributed by atoms with Crippen LogP contribution < -0.4 is 4.74 Å². The van der Waals surface area contributed by atoms with Gasteiger partial charge in [-0.2, -0.15) is 0 Å². The summed E-state index contributed by atoms with van der Waals surface area (Å²) in [5.74, 6) is -0.833. The smallest absolute Gasteiger partial charge is 0.313 e. The molecule has 0 saturated carbocycles. The van der Waals surface area contributed by atoms with Gasteiger partial charge in [-0.3, -0.25) is 9.59 Å². The highest BCUT2D eigenvalue weighted by Crippen LogP contribution is 2.53. The van der Waals surface area contributed by atoms with Crippen molar-refractivity contribution in [1.29, 1.82) is 0 Å². The van der Waals surface area contributed by atoms with Crippen molar-refractivity contribution in [3.8, 4) is 5.75 Å². The summed E-state index contributed by atoms with van der Waals surface area (Å²) < 4.78 is 17.0. The van der Waals surface area contributed by atoms with Crippen molar-refractivity contribution in [1.82, 2.24) is 4.90 Å². The molecule has 3 aliphatic heterocycles. The number of carbonyl (C=O) groups is 2. The summed E-state index contributed by atoms with van der Waals surface area (Å²) in [5, 5.41) is 0. The predicted molar refractivity (Wildman–Crippen MR) is 113 cm³/mol. The summed E-state index contributed by atoms with van der Waals surface area (Å²) in [6.45, 7) is 2.61. The fourth-order valence-corrected chi connectivity index (χ4v) is 5.01. The van der Waals surface area contributed by atoms with Crippen LogP contribution in [0.4, 0.5) is 0 Å². The van der Waals surface area contributed by atoms with Crippen LogP contribution in [0.15, 0.2) is 66.7 Å². The third kappa shape index (κ3) is 3.22. The Balaban J connectivity index is 1.34. The minimum Gasteiger partial charge on any atom is -0.497 e. The van der Waals surface area contributed by atoms with E-state index in [4.69, 9.17) is 14.2 Å². The van der Waals surface area contributed by atoms with Gasteiger partial charge in [0.2, 0.25) is 5.91 Å². The lowest BCUT2D eigenvalue weighted by atomic mass is 9.77. The van der Waals surface area contributed by atoms with Gasteiger partial charge in [0, 0.05) is 0 Å². The number of ether oxygens (including phenoxy) is 3. The second-order valence-electron chi connectivity index (χ2n) is 8.41. The van der Waals surface area contributed by atoms with Crippen LogP contribution in [0.2, 0.25) is 0 Å². The molecule has 31 heavy (non-hydrogen) atoms. The summed E-state index contributed by atoms with van der Waals surface area (Å²) in [6.07, 6.45) is 3.46. The van der Waals surface area contributed by atoms with Crippen molar-refractivity contribution in [3.05, 3.63) is 77.9 Å². The third-order valence-corrected chi connectivity index (χ3v) is 6.69. The van der Waals surface area contributed by atoms with Gasteiger partial charge < -0.3 is 19.1 Å². The number of benzene rings is 2. The van der Waals surface area contributed by atoms with Crippen LogP contribution in [0.1, 0.15) is 24.1 Å². The zero-order valence-electron chi connectivity index (χ0n) is 17.6. The minimum atomic E-state index is -0.751. The topological polar surface area (TPSA) is 65.1 Å². The predicted octanol–water partition coefficient (Wildman–Crippen LogP) is 3.28. The molecule has 0 radical (unpaired) electrons. The molecule has 1 amide bonds. The molecule has 0 unspecified atom stereocenters. The molecule has 1 spiro atoms. The highest BCUT2D eigenvalue weighted by Gasteiger charge is 2.67. The van der Waals surface area contributed by atoms with Crippen molar-refractivity contribution < 1.29 is 23.8 Å². The van der Waals surface area contributed by atoms with Crippen LogP contribution in [0.25, 0.3) is 0 Å². The first-order valence-electron chi connectivity index (χ1n) is 10.5. The Morgan fingerprint density at radius 2 is 1.94 bits per heavy atom. The molecule has 0 aromatic heterocycles. The van der Waals surface area contributed by atoms with Gasteiger partial charge in [-0.05, 0) is 30.2 Å². The van der Waals surface area contributed by atoms with E-state index < -0.39 is 23.5 Å². The maximum atomic E-state index is 13.5. The van der Waals surface area contributed by atoms with E-state index in [2.05, 4.69) is 0 Å². The molecule has 3 aliphatic rings. The van der Waals surface area contributed by atoms with E-state index in [1.807, 2.05) is 78.6 Å². The summed E-state index contributed by atoms with van der Waals surface area (Å²) in [5.41, 5.74) is 1.17. The Bertz CT molecular complexity index is 1020. The van der Waals surface area contributed by atoms with Crippen LogP contribution in [0.5, 0.6) is 5.75 Å². The average Bonchev–Trinajstić information content (AvgIpc) is 3.46. The van der Waals surface area contributed by atoms with E-state index in [0.29, 0.717) is 6.54 Å². The molecular formula is C25H25NO5. The average molecular weight is 419 g/mol. The zero-order valence-corrected chi connectivity index (χ0v) is 17.6. The SMILES string of the molecule is COc1ccc([C@@H](C)N2C[C@@]34C=C[C@H](O3)[C@@H](C(=O)OCc3ccccc3)[C@H]4C2=O)cc1. The summed E-state index contributed by atoms with van der Waals surface area (Å²) in [4.78, 5) is 28.3. The molecule has 160 valence electrons. The van der Waals surface area contributed by atoms with Gasteiger partial charge in [0.1, 0.15) is 23.9 Å². The normalized spacial score (nSPS) is 29.2. The summed E-state index contributed by atoms with van der Waals surface area (Å²) in [7, 11) is 1.62. The first kappa shape index (κ1) is 19.8. The van der Waals surface area contributed by atoms with Crippen LogP contribution >= 0.6 is 0 Å². The molecule has 3 heterocycles. The van der Waals surface area contributed by atoms with Crippen molar-refractivity contribution in [2.45, 2.75) is 31.3 Å². The fourth-order valence-electron chi connectivity index (χ4n) is 5.01. The molecule has 5 rings (SSSR count). The standard InChI is InChI=1S/C25H25NO5/c1-16(18-8-10-19(29-2)11-9-18)26-15-25-13-12-20(31-25)21(22(25)23(26)27)24(28)30-14-17-6-4-3-5-7-17/h3-13,16,20-22H,14-15H2,1-2H3/t16-,20+,21-,22+,25-/m1/s1. The van der Waals surface area contributed by atoms with E-state index in [0.717, 1.165) is 16.9 Å². The van der Waals surface area contributed by atoms with Crippen molar-refractivity contribution in [3.63, 3.8) is 0 Å². The lowest BCUT2D eigenvalue weighted by Gasteiger charge is -2.27. The molecule has 2 bridgehead atoms. The third-order valence-electron chi connectivity index (χ3n) is 6.69. The first-order valence-corrected chi connectivity index (χ1v) is 10.5. The first-order chi connectivity index (χ1) is 15.0. The van der Waals surface area contributed by atoms with Gasteiger partial charge in [0.25, 0.3) is 0 Å². The number of likely N-dealkylation sites (tertiary alicyclic amines) is 1. The Morgan fingerprint density at radius 3 is 2.65 bits per heavy atom. The highest BCUT2D eigenvalue weighted by atomic mass is 16.6. The number of amides is 1. The van der Waals surface area contributed by atoms with E-state index in [-0.39, 0.29) is 24.5 Å². The van der Waals surface area contributed by atoms with Crippen LogP contribution in [0.3, 0.4) is 0 Å². The summed E-state index contributed by atoms with van der Waals surface area (Å²) >= 11 is 0. The molecule has 6 heteroatoms. The van der Waals surface area contributed by atoms with Crippen LogP contribution in [-0.4, -0.2) is 42.1 Å². The molecule has 0 aliphatic carbocycles. The van der Waals surface area contributed by atoms with Gasteiger partial charge in [-0.15, -0.1) is 0 Å². The van der Waals surface area contributed by atoms with Gasteiger partial charge in [0.15, 0.2) is 0 Å². The lowest BCUT2D eigenvalue weighted by Crippen LogP contribution is -2.40. The van der Waals surface area contributed by atoms with Gasteiger partial charge in [-0.1, -0.05) is 54.6 Å². The van der Waals surface area contributed by atoms with E-state index in [9.17, 15) is 9.59 Å². The Kier molecular flexibility index (Phi) is 4.82. The second kappa shape index (κ2) is 7.54. The molecule has 0 N–H and O–H groups in total. The molecule has 2 fully saturated rings. The quantitative estimate of drug-likeness (QED) is 0.531. The van der Waals surface area contributed by atoms with Crippen molar-refractivity contribution in [2.75, 3.05) is 13.7 Å². The maximum Gasteiger partial charge on any atom is 0.313 e. The number of hydrogen-bond acceptors (Lipinski definition) is 5.